The van der Waals surface area contributed by atoms with E-state index in [0.29, 0.717) is 0 Å². The van der Waals surface area contributed by atoms with Gasteiger partial charge in [-0.15, -0.1) is 26.3 Å². The molecule has 41 heteroatoms. The minimum atomic E-state index is -11.3. The molecule has 0 amide bonds. The number of hydrogen-bond acceptors (Lipinski definition) is 6. The molecule has 0 aliphatic rings. The van der Waals surface area contributed by atoms with E-state index in [1.165, 1.54) is 8.85 Å². The first kappa shape index (κ1) is 52.7. The Bertz CT molecular complexity index is 1480. The van der Waals surface area contributed by atoms with E-state index < -0.39 is 107 Å². The molecule has 0 spiro atoms. The molecule has 0 aliphatic carbocycles. The third-order valence-corrected chi connectivity index (χ3v) is 9.86. The summed E-state index contributed by atoms with van der Waals surface area (Å²) >= 11 is 0. The summed E-state index contributed by atoms with van der Waals surface area (Å²) in [7, 11) is -22.0. The van der Waals surface area contributed by atoms with Gasteiger partial charge in [0.25, 0.3) is 0 Å². The van der Waals surface area contributed by atoms with E-state index in [-0.39, 0.29) is 0 Å². The number of hydrogen-bond donors (Lipinski definition) is 0. The quantitative estimate of drug-likeness (QED) is 0.0666. The highest BCUT2D eigenvalue weighted by Crippen LogP contribution is 2.65. The number of rotatable bonds is 16. The van der Waals surface area contributed by atoms with Crippen LogP contribution in [0.2, 0.25) is 0 Å². The molecule has 0 radical (unpaired) electrons. The molecule has 0 heterocycles. The van der Waals surface area contributed by atoms with Crippen molar-refractivity contribution >= 4 is 18.6 Å². The number of nitrogens with zero attached hydrogens (tertiary/aromatic N) is 1. The topological polar surface area (TPSA) is 65.1 Å². The Balaban J connectivity index is 8.18. The van der Waals surface area contributed by atoms with Crippen molar-refractivity contribution in [2.45, 2.75) is 82.6 Å². The van der Waals surface area contributed by atoms with Crippen molar-refractivity contribution in [3.63, 3.8) is 0 Å². The molecule has 0 aromatic rings. The molecular weight excluding hydrogens is 949 g/mol. The summed E-state index contributed by atoms with van der Waals surface area (Å²) in [6, 6.07) is -8.46. The zero-order valence-electron chi connectivity index (χ0n) is 22.9. The molecule has 0 aliphatic heterocycles. The van der Waals surface area contributed by atoms with Crippen LogP contribution in [0.25, 0.3) is 0 Å². The second-order valence-electron chi connectivity index (χ2n) is 9.10. The minimum Gasteiger partial charge on any atom is -0.296 e. The second-order valence-corrected chi connectivity index (χ2v) is 13.5. The Labute approximate surface area is 274 Å². The molecule has 0 unspecified atom stereocenters. The first-order chi connectivity index (χ1) is 23.1. The molecule has 6 nitrogen and oxygen atoms in total. The standard InChI is InChI=1S/C14F33NO5SSi/c15-1(16,3(19,20)5(23,24)8(29,30)31)2(17,18)4(21,22)6(25,26)10(34,35)54(49,50)14(44,45)53-55(51-12(38,39)40,52-13(41,42)43)11(36,37)7(27,28)9(32,33)48(46)47. The van der Waals surface area contributed by atoms with E-state index in [1.54, 1.807) is 0 Å². The molecular formula is C14F33NO5SSi. The zero-order valence-corrected chi connectivity index (χ0v) is 24.7. The van der Waals surface area contributed by atoms with E-state index in [9.17, 15) is 153 Å². The van der Waals surface area contributed by atoms with Gasteiger partial charge >= 0.3 is 101 Å². The van der Waals surface area contributed by atoms with Gasteiger partial charge in [-0.3, -0.25) is 13.3 Å². The Morgan fingerprint density at radius 2 is 0.655 bits per heavy atom. The van der Waals surface area contributed by atoms with E-state index in [0.717, 1.165) is 4.43 Å². The highest BCUT2D eigenvalue weighted by atomic mass is 32.2. The van der Waals surface area contributed by atoms with Crippen LogP contribution in [0, 0.1) is 0 Å². The summed E-state index contributed by atoms with van der Waals surface area (Å²) in [5.41, 5.74) is -18.7. The van der Waals surface area contributed by atoms with Crippen molar-refractivity contribution in [2.24, 2.45) is 0 Å². The van der Waals surface area contributed by atoms with Gasteiger partial charge in [0, 0.05) is 0 Å². The van der Waals surface area contributed by atoms with Crippen LogP contribution in [0.3, 0.4) is 0 Å². The van der Waals surface area contributed by atoms with Crippen LogP contribution in [0.15, 0.2) is 0 Å². The van der Waals surface area contributed by atoms with Crippen LogP contribution in [0.1, 0.15) is 0 Å². The van der Waals surface area contributed by atoms with Gasteiger partial charge in [-0.1, -0.05) is 8.96 Å². The van der Waals surface area contributed by atoms with Gasteiger partial charge in [0.2, 0.25) is 0 Å². The predicted molar refractivity (Wildman–Crippen MR) is 94.6 cm³/mol. The average molecular weight is 949 g/mol. The van der Waals surface area contributed by atoms with Gasteiger partial charge in [-0.25, -0.2) is 8.42 Å². The Hall–Kier alpha value is -2.30. The summed E-state index contributed by atoms with van der Waals surface area (Å²) in [6.45, 7) is 0. The molecule has 0 rings (SSSR count). The molecule has 0 aromatic carbocycles. The number of alkyl halides is 31. The van der Waals surface area contributed by atoms with Gasteiger partial charge in [-0.05, 0) is 0 Å². The highest BCUT2D eigenvalue weighted by molar-refractivity contribution is 7.93. The van der Waals surface area contributed by atoms with Crippen molar-refractivity contribution in [3.8, 4) is 0 Å². The fourth-order valence-electron chi connectivity index (χ4n) is 2.73. The lowest BCUT2D eigenvalue weighted by molar-refractivity contribution is -0.458. The first-order valence-corrected chi connectivity index (χ1v) is 14.1. The Kier molecular flexibility index (Phi) is 12.8. The fraction of sp³-hybridized carbons (Fsp3) is 1.00. The summed E-state index contributed by atoms with van der Waals surface area (Å²) < 4.78 is 465. The summed E-state index contributed by atoms with van der Waals surface area (Å²) in [5.74, 6) is -66.9. The zero-order chi connectivity index (χ0) is 45.7. The molecule has 0 fully saturated rings. The largest absolute Gasteiger partial charge is 0.600 e. The lowest BCUT2D eigenvalue weighted by Gasteiger charge is -2.43. The van der Waals surface area contributed by atoms with Gasteiger partial charge in [0.1, 0.15) is 0 Å². The van der Waals surface area contributed by atoms with E-state index >= 15 is 0 Å². The van der Waals surface area contributed by atoms with E-state index in [1.807, 2.05) is 0 Å². The molecule has 55 heavy (non-hydrogen) atoms. The maximum atomic E-state index is 14.4. The molecule has 0 saturated carbocycles. The van der Waals surface area contributed by atoms with Crippen LogP contribution >= 0.6 is 0 Å². The monoisotopic (exact) mass is 949 g/mol. The van der Waals surface area contributed by atoms with Crippen molar-refractivity contribution in [1.82, 2.24) is 5.34 Å². The maximum Gasteiger partial charge on any atom is 0.600 e. The van der Waals surface area contributed by atoms with Crippen LogP contribution in [-0.2, 0) is 23.1 Å². The average Bonchev–Trinajstić information content (AvgIpc) is 2.88. The SMILES string of the molecule is O=S(=O)(C(F)(F)O[Si](OC(F)(F)F)(OC(F)(F)F)C(F)(F)C(F)(F)C(F)(F)N(F)F)C(F)(F)C(F)(F)C(F)(F)C(F)(F)C(F)(F)C(F)(F)C(F)(F)C(F)(F)F. The molecule has 0 saturated heterocycles. The van der Waals surface area contributed by atoms with Gasteiger partial charge in [0.05, 0.1) is 5.34 Å². The Morgan fingerprint density at radius 1 is 0.382 bits per heavy atom. The highest BCUT2D eigenvalue weighted by Gasteiger charge is 2.98. The maximum absolute atomic E-state index is 14.4. The Morgan fingerprint density at radius 3 is 0.909 bits per heavy atom. The van der Waals surface area contributed by atoms with Crippen LogP contribution in [0.5, 0.6) is 0 Å². The molecule has 332 valence electrons. The van der Waals surface area contributed by atoms with Gasteiger partial charge in [-0.2, -0.15) is 110 Å². The van der Waals surface area contributed by atoms with Crippen molar-refractivity contribution in [2.75, 3.05) is 0 Å². The smallest absolute Gasteiger partial charge is 0.296 e. The summed E-state index contributed by atoms with van der Waals surface area (Å²) in [4.78, 5) is 0. The second kappa shape index (κ2) is 13.4. The van der Waals surface area contributed by atoms with Crippen LogP contribution < -0.4 is 0 Å². The molecule has 0 aromatic heterocycles. The number of sulfone groups is 1. The van der Waals surface area contributed by atoms with Crippen LogP contribution in [-0.4, -0.2) is 105 Å². The van der Waals surface area contributed by atoms with Gasteiger partial charge < -0.3 is 0 Å². The minimum absolute atomic E-state index is 1.12. The lowest BCUT2D eigenvalue weighted by Crippen LogP contribution is -2.77. The molecule has 0 atom stereocenters. The van der Waals surface area contributed by atoms with Crippen LogP contribution in [0.4, 0.5) is 145 Å². The van der Waals surface area contributed by atoms with Gasteiger partial charge in [0.15, 0.2) is 0 Å². The normalized spacial score (nSPS) is 17.0. The first-order valence-electron chi connectivity index (χ1n) is 10.9. The van der Waals surface area contributed by atoms with Crippen molar-refractivity contribution in [3.05, 3.63) is 0 Å². The predicted octanol–water partition coefficient (Wildman–Crippen LogP) is 9.42. The molecule has 0 N–H and O–H groups in total. The summed E-state index contributed by atoms with van der Waals surface area (Å²) in [6.07, 6.45) is -24.7. The van der Waals surface area contributed by atoms with Crippen molar-refractivity contribution < 1.29 is 167 Å². The van der Waals surface area contributed by atoms with Crippen molar-refractivity contribution in [1.29, 1.82) is 0 Å². The van der Waals surface area contributed by atoms with E-state index in [2.05, 4.69) is 0 Å². The molecule has 0 bridgehead atoms. The number of halogens is 33. The summed E-state index contributed by atoms with van der Waals surface area (Å²) in [5, 5.41) is -14.5. The lowest BCUT2D eigenvalue weighted by atomic mass is 9.91. The third kappa shape index (κ3) is 7.59. The van der Waals surface area contributed by atoms with E-state index in [4.69, 9.17) is 0 Å². The fourth-order valence-corrected chi connectivity index (χ4v) is 6.22. The third-order valence-electron chi connectivity index (χ3n) is 5.47.